The number of rotatable bonds is 1. The average molecular weight is 230 g/mol. The van der Waals surface area contributed by atoms with Crippen LogP contribution in [0.25, 0.3) is 0 Å². The predicted octanol–water partition coefficient (Wildman–Crippen LogP) is 0.488. The molecule has 0 saturated heterocycles. The van der Waals surface area contributed by atoms with Gasteiger partial charge in [0.15, 0.2) is 0 Å². The summed E-state index contributed by atoms with van der Waals surface area (Å²) >= 11 is 2.82. The molecule has 0 rings (SSSR count). The third-order valence-corrected chi connectivity index (χ3v) is 0.283. The van der Waals surface area contributed by atoms with Crippen LogP contribution in [0.2, 0.25) is 0 Å². The van der Waals surface area contributed by atoms with E-state index in [4.69, 9.17) is 4.79 Å². The zero-order chi connectivity index (χ0) is 3.41. The van der Waals surface area contributed by atoms with Crippen molar-refractivity contribution < 1.29 is 27.2 Å². The number of halogens is 1. The first-order chi connectivity index (χ1) is 1.91. The minimum atomic E-state index is 0. The molecule has 0 aliphatic rings. The van der Waals surface area contributed by atoms with Crippen LogP contribution in [0.4, 0.5) is 0 Å². The Bertz CT molecular complexity index is 23.6. The second-order valence-electron chi connectivity index (χ2n) is 0.278. The standard InChI is InChI=1S/C2H2BrO.Ag/c3-1-2-4;/h1H2;/q-1;+1. The molecule has 3 heteroatoms. The summed E-state index contributed by atoms with van der Waals surface area (Å²) in [5.41, 5.74) is 0. The predicted molar refractivity (Wildman–Crippen MR) is 19.5 cm³/mol. The normalized spacial score (nSPS) is 5.00. The Morgan fingerprint density at radius 1 is 1.80 bits per heavy atom. The maximum atomic E-state index is 9.00. The number of carbonyl (C=O) groups excluding carboxylic acids is 1. The van der Waals surface area contributed by atoms with Gasteiger partial charge in [0.1, 0.15) is 0 Å². The van der Waals surface area contributed by atoms with Crippen LogP contribution < -0.4 is 0 Å². The number of alkyl halides is 1. The first-order valence-electron chi connectivity index (χ1n) is 0.825. The Balaban J connectivity index is 0. The quantitative estimate of drug-likeness (QED) is 0.364. The Morgan fingerprint density at radius 3 is 2.00 bits per heavy atom. The van der Waals surface area contributed by atoms with Crippen LogP contribution >= 0.6 is 15.9 Å². The molecule has 0 unspecified atom stereocenters. The molecular formula is C2H2AgBrO. The molecule has 0 spiro atoms. The van der Waals surface area contributed by atoms with E-state index in [1.807, 2.05) is 0 Å². The van der Waals surface area contributed by atoms with Crippen LogP contribution in [0, 0.1) is 0 Å². The fraction of sp³-hybridized carbons (Fsp3) is 0.500. The maximum Gasteiger partial charge on any atom is 1.00 e. The molecule has 34 valence electrons. The van der Waals surface area contributed by atoms with Crippen molar-refractivity contribution in [2.24, 2.45) is 0 Å². The van der Waals surface area contributed by atoms with E-state index >= 15 is 0 Å². The molecule has 0 heterocycles. The first kappa shape index (κ1) is 9.31. The Hall–Kier alpha value is 0.890. The van der Waals surface area contributed by atoms with Crippen molar-refractivity contribution in [3.63, 3.8) is 0 Å². The molecule has 5 heavy (non-hydrogen) atoms. The Labute approximate surface area is 54.8 Å². The summed E-state index contributed by atoms with van der Waals surface area (Å²) in [5, 5.41) is 0.326. The van der Waals surface area contributed by atoms with Gasteiger partial charge in [-0.25, -0.2) is 0 Å². The summed E-state index contributed by atoms with van der Waals surface area (Å²) in [4.78, 5) is 9.00. The molecule has 1 nitrogen and oxygen atoms in total. The van der Waals surface area contributed by atoms with Crippen molar-refractivity contribution >= 4 is 22.2 Å². The van der Waals surface area contributed by atoms with Gasteiger partial charge in [-0.1, -0.05) is 5.33 Å². The molecule has 0 aliphatic heterocycles. The van der Waals surface area contributed by atoms with Crippen molar-refractivity contribution in [2.75, 3.05) is 5.33 Å². The third-order valence-electron chi connectivity index (χ3n) is 0.0546. The second-order valence-corrected chi connectivity index (χ2v) is 0.839. The molecule has 0 atom stereocenters. The molecule has 0 radical (unpaired) electrons. The van der Waals surface area contributed by atoms with Gasteiger partial charge in [-0.05, 0) is 0 Å². The fourth-order valence-corrected chi connectivity index (χ4v) is 0. The largest absolute Gasteiger partial charge is 1.00 e. The number of hydrogen-bond acceptors (Lipinski definition) is 1. The molecule has 0 N–H and O–H groups in total. The molecule has 0 aromatic carbocycles. The zero-order valence-electron chi connectivity index (χ0n) is 2.29. The molecule has 0 amide bonds. The van der Waals surface area contributed by atoms with Crippen LogP contribution in [0.3, 0.4) is 0 Å². The van der Waals surface area contributed by atoms with Crippen molar-refractivity contribution in [3.8, 4) is 0 Å². The van der Waals surface area contributed by atoms with E-state index < -0.39 is 0 Å². The van der Waals surface area contributed by atoms with E-state index in [-0.39, 0.29) is 22.4 Å². The second kappa shape index (κ2) is 8.86. The van der Waals surface area contributed by atoms with E-state index in [1.165, 1.54) is 0 Å². The van der Waals surface area contributed by atoms with Gasteiger partial charge in [0.25, 0.3) is 0 Å². The summed E-state index contributed by atoms with van der Waals surface area (Å²) in [6.07, 6.45) is 1.60. The van der Waals surface area contributed by atoms with Crippen LogP contribution in [0.1, 0.15) is 0 Å². The van der Waals surface area contributed by atoms with Gasteiger partial charge in [-0.2, -0.15) is 0 Å². The third kappa shape index (κ3) is 11.4. The summed E-state index contributed by atoms with van der Waals surface area (Å²) in [5.74, 6) is 0. The summed E-state index contributed by atoms with van der Waals surface area (Å²) < 4.78 is 0. The van der Waals surface area contributed by atoms with E-state index in [0.29, 0.717) is 5.33 Å². The van der Waals surface area contributed by atoms with E-state index in [2.05, 4.69) is 15.9 Å². The molecule has 0 aromatic heterocycles. The van der Waals surface area contributed by atoms with Gasteiger partial charge in [-0.3, -0.25) is 6.29 Å². The Kier molecular flexibility index (Phi) is 16.5. The van der Waals surface area contributed by atoms with Crippen molar-refractivity contribution in [2.45, 2.75) is 0 Å². The SMILES string of the molecule is O=[C-]CBr.[Ag+]. The smallest absolute Gasteiger partial charge is 0.541 e. The van der Waals surface area contributed by atoms with Crippen LogP contribution in [-0.4, -0.2) is 11.6 Å². The van der Waals surface area contributed by atoms with Crippen molar-refractivity contribution in [3.05, 3.63) is 0 Å². The summed E-state index contributed by atoms with van der Waals surface area (Å²) in [6.45, 7) is 0. The first-order valence-corrected chi connectivity index (χ1v) is 1.95. The van der Waals surface area contributed by atoms with Crippen LogP contribution in [0.5, 0.6) is 0 Å². The maximum absolute atomic E-state index is 9.00. The molecule has 0 saturated carbocycles. The molecule has 0 aromatic rings. The topological polar surface area (TPSA) is 17.1 Å². The van der Waals surface area contributed by atoms with Crippen LogP contribution in [0.15, 0.2) is 0 Å². The van der Waals surface area contributed by atoms with Gasteiger partial charge in [-0.15, -0.1) is 15.9 Å². The van der Waals surface area contributed by atoms with Crippen molar-refractivity contribution in [1.29, 1.82) is 0 Å². The molecular weight excluding hydrogens is 228 g/mol. The monoisotopic (exact) mass is 228 g/mol. The van der Waals surface area contributed by atoms with Gasteiger partial charge in [0.05, 0.1) is 0 Å². The van der Waals surface area contributed by atoms with Gasteiger partial charge < -0.3 is 4.79 Å². The minimum Gasteiger partial charge on any atom is -0.541 e. The van der Waals surface area contributed by atoms with Crippen LogP contribution in [-0.2, 0) is 27.2 Å². The van der Waals surface area contributed by atoms with E-state index in [1.54, 1.807) is 6.29 Å². The summed E-state index contributed by atoms with van der Waals surface area (Å²) in [7, 11) is 0. The number of hydrogen-bond donors (Lipinski definition) is 0. The van der Waals surface area contributed by atoms with E-state index in [9.17, 15) is 0 Å². The molecule has 0 aliphatic carbocycles. The zero-order valence-corrected chi connectivity index (χ0v) is 5.36. The minimum absolute atomic E-state index is 0. The fourth-order valence-electron chi connectivity index (χ4n) is 0. The Morgan fingerprint density at radius 2 is 2.00 bits per heavy atom. The van der Waals surface area contributed by atoms with Gasteiger partial charge in [0.2, 0.25) is 0 Å². The molecule has 0 fully saturated rings. The van der Waals surface area contributed by atoms with E-state index in [0.717, 1.165) is 0 Å². The van der Waals surface area contributed by atoms with Crippen molar-refractivity contribution in [1.82, 2.24) is 0 Å². The summed E-state index contributed by atoms with van der Waals surface area (Å²) in [6, 6.07) is 0. The van der Waals surface area contributed by atoms with Gasteiger partial charge >= 0.3 is 22.4 Å². The molecule has 0 bridgehead atoms. The van der Waals surface area contributed by atoms with Gasteiger partial charge in [0, 0.05) is 0 Å². The average Bonchev–Trinajstić information content (AvgIpc) is 1.37.